The lowest BCUT2D eigenvalue weighted by Crippen LogP contribution is -2.57. The van der Waals surface area contributed by atoms with Crippen LogP contribution in [-0.2, 0) is 9.59 Å². The summed E-state index contributed by atoms with van der Waals surface area (Å²) < 4.78 is 19.4. The predicted octanol–water partition coefficient (Wildman–Crippen LogP) is 3.77. The van der Waals surface area contributed by atoms with E-state index in [4.69, 9.17) is 4.42 Å². The Hall–Kier alpha value is -3.23. The molecule has 4 rings (SSSR count). The van der Waals surface area contributed by atoms with Crippen molar-refractivity contribution in [2.75, 3.05) is 19.6 Å². The summed E-state index contributed by atoms with van der Waals surface area (Å²) in [6, 6.07) is 4.94. The molecule has 9 heteroatoms. The first kappa shape index (κ1) is 26.8. The van der Waals surface area contributed by atoms with E-state index in [0.717, 1.165) is 37.8 Å². The molecule has 2 fully saturated rings. The zero-order chi connectivity index (χ0) is 26.8. The third-order valence-electron chi connectivity index (χ3n) is 7.67. The van der Waals surface area contributed by atoms with Gasteiger partial charge >= 0.3 is 0 Å². The standard InChI is InChI=1S/C28H36FN3O5/c1-27(2,3)31-26(36)28(18-8-5-4-6-9-18)12-14-32(15-13-28)23(34)17-30-25(35)22-16-21(33)19-10-7-11-20(29)24(19)37-22/h7,10-11,16,18H,4-6,8-9,12-15,17H2,1-3H3,(H,30,35)(H,31,36). The van der Waals surface area contributed by atoms with Crippen molar-refractivity contribution in [3.63, 3.8) is 0 Å². The molecule has 2 aromatic rings. The summed E-state index contributed by atoms with van der Waals surface area (Å²) in [4.78, 5) is 52.9. The first-order valence-electron chi connectivity index (χ1n) is 13.1. The van der Waals surface area contributed by atoms with E-state index in [1.54, 1.807) is 4.90 Å². The summed E-state index contributed by atoms with van der Waals surface area (Å²) in [5.74, 6) is -1.78. The number of halogens is 1. The summed E-state index contributed by atoms with van der Waals surface area (Å²) >= 11 is 0. The van der Waals surface area contributed by atoms with Gasteiger partial charge in [0.2, 0.25) is 11.8 Å². The van der Waals surface area contributed by atoms with Gasteiger partial charge in [-0.3, -0.25) is 19.2 Å². The molecule has 8 nitrogen and oxygen atoms in total. The number of amides is 3. The highest BCUT2D eigenvalue weighted by atomic mass is 19.1. The first-order valence-corrected chi connectivity index (χ1v) is 13.1. The van der Waals surface area contributed by atoms with Crippen molar-refractivity contribution in [2.24, 2.45) is 11.3 Å². The smallest absolute Gasteiger partial charge is 0.287 e. The lowest BCUT2D eigenvalue weighted by molar-refractivity contribution is -0.145. The van der Waals surface area contributed by atoms with Crippen LogP contribution in [-0.4, -0.2) is 47.8 Å². The van der Waals surface area contributed by atoms with Gasteiger partial charge in [0.1, 0.15) is 0 Å². The van der Waals surface area contributed by atoms with E-state index in [0.29, 0.717) is 31.8 Å². The van der Waals surface area contributed by atoms with Crippen LogP contribution in [0.5, 0.6) is 0 Å². The van der Waals surface area contributed by atoms with Crippen molar-refractivity contribution in [3.05, 3.63) is 46.1 Å². The number of para-hydroxylation sites is 1. The number of carbonyl (C=O) groups is 3. The van der Waals surface area contributed by atoms with E-state index in [9.17, 15) is 23.6 Å². The van der Waals surface area contributed by atoms with E-state index < -0.39 is 22.6 Å². The monoisotopic (exact) mass is 513 g/mol. The molecule has 1 saturated heterocycles. The van der Waals surface area contributed by atoms with E-state index in [-0.39, 0.29) is 40.6 Å². The number of fused-ring (bicyclic) bond motifs is 1. The van der Waals surface area contributed by atoms with E-state index in [2.05, 4.69) is 10.6 Å². The van der Waals surface area contributed by atoms with Crippen LogP contribution < -0.4 is 16.1 Å². The Morgan fingerprint density at radius 3 is 2.43 bits per heavy atom. The molecule has 1 saturated carbocycles. The topological polar surface area (TPSA) is 109 Å². The highest BCUT2D eigenvalue weighted by molar-refractivity contribution is 5.95. The van der Waals surface area contributed by atoms with Crippen LogP contribution in [0.15, 0.2) is 33.5 Å². The van der Waals surface area contributed by atoms with Crippen molar-refractivity contribution in [3.8, 4) is 0 Å². The zero-order valence-electron chi connectivity index (χ0n) is 21.8. The number of nitrogens with one attached hydrogen (secondary N) is 2. The van der Waals surface area contributed by atoms with Gasteiger partial charge in [-0.05, 0) is 64.5 Å². The Labute approximate surface area is 216 Å². The van der Waals surface area contributed by atoms with Crippen LogP contribution in [0.25, 0.3) is 11.0 Å². The van der Waals surface area contributed by atoms with Gasteiger partial charge in [0.05, 0.1) is 17.3 Å². The first-order chi connectivity index (χ1) is 17.5. The van der Waals surface area contributed by atoms with Crippen LogP contribution in [0, 0.1) is 17.2 Å². The molecular weight excluding hydrogens is 477 g/mol. The van der Waals surface area contributed by atoms with Gasteiger partial charge in [-0.2, -0.15) is 0 Å². The molecule has 1 aromatic heterocycles. The summed E-state index contributed by atoms with van der Waals surface area (Å²) in [6.07, 6.45) is 6.66. The van der Waals surface area contributed by atoms with E-state index in [1.807, 2.05) is 20.8 Å². The van der Waals surface area contributed by atoms with Crippen molar-refractivity contribution in [1.82, 2.24) is 15.5 Å². The highest BCUT2D eigenvalue weighted by Crippen LogP contribution is 2.46. The number of piperidine rings is 1. The summed E-state index contributed by atoms with van der Waals surface area (Å²) in [7, 11) is 0. The molecular formula is C28H36FN3O5. The van der Waals surface area contributed by atoms with Crippen LogP contribution in [0.3, 0.4) is 0 Å². The maximum atomic E-state index is 14.1. The fraction of sp³-hybridized carbons (Fsp3) is 0.571. The Balaban J connectivity index is 1.40. The molecule has 2 aliphatic rings. The average molecular weight is 514 g/mol. The normalized spacial score (nSPS) is 18.4. The highest BCUT2D eigenvalue weighted by Gasteiger charge is 2.48. The van der Waals surface area contributed by atoms with Gasteiger partial charge in [-0.25, -0.2) is 4.39 Å². The second kappa shape index (κ2) is 10.6. The molecule has 0 unspecified atom stereocenters. The maximum Gasteiger partial charge on any atom is 0.287 e. The Morgan fingerprint density at radius 2 is 1.78 bits per heavy atom. The van der Waals surface area contributed by atoms with Crippen molar-refractivity contribution >= 4 is 28.7 Å². The Kier molecular flexibility index (Phi) is 7.71. The van der Waals surface area contributed by atoms with Crippen molar-refractivity contribution < 1.29 is 23.2 Å². The molecule has 3 amide bonds. The minimum atomic E-state index is -0.770. The number of hydrogen-bond donors (Lipinski definition) is 2. The van der Waals surface area contributed by atoms with Crippen molar-refractivity contribution in [2.45, 2.75) is 71.3 Å². The second-order valence-electron chi connectivity index (χ2n) is 11.4. The van der Waals surface area contributed by atoms with Gasteiger partial charge in [-0.1, -0.05) is 25.3 Å². The fourth-order valence-corrected chi connectivity index (χ4v) is 5.71. The van der Waals surface area contributed by atoms with Gasteiger partial charge < -0.3 is 20.0 Å². The molecule has 1 aromatic carbocycles. The molecule has 1 aliphatic heterocycles. The number of carbonyl (C=O) groups excluding carboxylic acids is 3. The van der Waals surface area contributed by atoms with E-state index >= 15 is 0 Å². The third kappa shape index (κ3) is 5.86. The number of likely N-dealkylation sites (tertiary alicyclic amines) is 1. The van der Waals surface area contributed by atoms with Crippen LogP contribution >= 0.6 is 0 Å². The second-order valence-corrected chi connectivity index (χ2v) is 11.4. The number of nitrogens with zero attached hydrogens (tertiary/aromatic N) is 1. The van der Waals surface area contributed by atoms with Gasteiger partial charge in [-0.15, -0.1) is 0 Å². The summed E-state index contributed by atoms with van der Waals surface area (Å²) in [6.45, 7) is 6.51. The molecule has 0 atom stereocenters. The Bertz CT molecular complexity index is 1230. The third-order valence-corrected chi connectivity index (χ3v) is 7.67. The SMILES string of the molecule is CC(C)(C)NC(=O)C1(C2CCCCC2)CCN(C(=O)CNC(=O)c2cc(=O)c3cccc(F)c3o2)CC1. The number of benzene rings is 1. The number of rotatable bonds is 5. The molecule has 0 radical (unpaired) electrons. The number of hydrogen-bond acceptors (Lipinski definition) is 5. The van der Waals surface area contributed by atoms with Crippen LogP contribution in [0.2, 0.25) is 0 Å². The molecule has 0 bridgehead atoms. The maximum absolute atomic E-state index is 14.1. The fourth-order valence-electron chi connectivity index (χ4n) is 5.71. The van der Waals surface area contributed by atoms with Crippen LogP contribution in [0.1, 0.15) is 76.3 Å². The molecule has 2 heterocycles. The van der Waals surface area contributed by atoms with Crippen LogP contribution in [0.4, 0.5) is 4.39 Å². The van der Waals surface area contributed by atoms with E-state index in [1.165, 1.54) is 18.6 Å². The molecule has 37 heavy (non-hydrogen) atoms. The largest absolute Gasteiger partial charge is 0.448 e. The lowest BCUT2D eigenvalue weighted by Gasteiger charge is -2.47. The molecule has 0 spiro atoms. The van der Waals surface area contributed by atoms with Gasteiger partial charge in [0.25, 0.3) is 5.91 Å². The van der Waals surface area contributed by atoms with Gasteiger partial charge in [0, 0.05) is 24.7 Å². The predicted molar refractivity (Wildman–Crippen MR) is 137 cm³/mol. The summed E-state index contributed by atoms with van der Waals surface area (Å²) in [5, 5.41) is 5.71. The minimum Gasteiger partial charge on any atom is -0.448 e. The molecule has 2 N–H and O–H groups in total. The van der Waals surface area contributed by atoms with Crippen molar-refractivity contribution in [1.29, 1.82) is 0 Å². The minimum absolute atomic E-state index is 0.0397. The van der Waals surface area contributed by atoms with Gasteiger partial charge in [0.15, 0.2) is 22.6 Å². The zero-order valence-corrected chi connectivity index (χ0v) is 21.8. The molecule has 200 valence electrons. The lowest BCUT2D eigenvalue weighted by atomic mass is 9.63. The molecule has 1 aliphatic carbocycles. The quantitative estimate of drug-likeness (QED) is 0.633. The Morgan fingerprint density at radius 1 is 1.11 bits per heavy atom. The summed E-state index contributed by atoms with van der Waals surface area (Å²) in [5.41, 5.74) is -1.67. The average Bonchev–Trinajstić information content (AvgIpc) is 2.87.